The van der Waals surface area contributed by atoms with Gasteiger partial charge in [0, 0.05) is 49.9 Å². The van der Waals surface area contributed by atoms with E-state index in [1.54, 1.807) is 121 Å². The van der Waals surface area contributed by atoms with E-state index in [4.69, 9.17) is 9.47 Å². The minimum Gasteiger partial charge on any atom is -0.457 e. The molecule has 0 unspecified atom stereocenters. The van der Waals surface area contributed by atoms with Gasteiger partial charge in [0.25, 0.3) is 0 Å². The largest absolute Gasteiger partial charge is 0.457 e. The van der Waals surface area contributed by atoms with Crippen molar-refractivity contribution in [2.45, 2.75) is 33.1 Å². The average molecular weight is 825 g/mol. The summed E-state index contributed by atoms with van der Waals surface area (Å²) in [5.74, 6) is 1.89. The Hall–Kier alpha value is -7.96. The number of benzene rings is 8. The molecule has 0 heterocycles. The van der Waals surface area contributed by atoms with Crippen LogP contribution in [0.2, 0.25) is 0 Å². The first-order chi connectivity index (χ1) is 30.4. The molecular weight excluding hydrogens is 781 g/mol. The third-order valence-corrected chi connectivity index (χ3v) is 11.3. The Balaban J connectivity index is 0.861. The van der Waals surface area contributed by atoms with Crippen molar-refractivity contribution in [3.63, 3.8) is 0 Å². The lowest BCUT2D eigenvalue weighted by molar-refractivity contribution is 0.102. The highest BCUT2D eigenvalue weighted by Gasteiger charge is 2.24. The molecule has 0 aliphatic carbocycles. The SMILES string of the molecule is Cc1ccc(C(=O)c2cccc(C(=O)c3ccc(Oc4ccc(C(C)(C)c5ccc(Oc6ccc(C(=O)c7cccc(C(=O)c8ccc(C)cc8)c7)cc6)cc5)cc4)cc3)c2)cc1. The molecular formula is C57H44O6. The van der Waals surface area contributed by atoms with Gasteiger partial charge in [-0.3, -0.25) is 19.2 Å². The Bertz CT molecular complexity index is 2740. The monoisotopic (exact) mass is 824 g/mol. The van der Waals surface area contributed by atoms with E-state index in [0.717, 1.165) is 22.3 Å². The normalized spacial score (nSPS) is 11.1. The summed E-state index contributed by atoms with van der Waals surface area (Å²) < 4.78 is 12.3. The Morgan fingerprint density at radius 1 is 0.317 bits per heavy atom. The van der Waals surface area contributed by atoms with Crippen molar-refractivity contribution in [2.75, 3.05) is 0 Å². The van der Waals surface area contributed by atoms with Gasteiger partial charge in [-0.1, -0.05) is 134 Å². The van der Waals surface area contributed by atoms with Crippen molar-refractivity contribution in [3.8, 4) is 23.0 Å². The molecule has 6 nitrogen and oxygen atoms in total. The smallest absolute Gasteiger partial charge is 0.193 e. The lowest BCUT2D eigenvalue weighted by atomic mass is 9.78. The number of hydrogen-bond donors (Lipinski definition) is 0. The molecule has 0 radical (unpaired) electrons. The number of carbonyl (C=O) groups excluding carboxylic acids is 4. The molecule has 0 aromatic heterocycles. The highest BCUT2D eigenvalue weighted by atomic mass is 16.5. The zero-order valence-corrected chi connectivity index (χ0v) is 35.4. The Morgan fingerprint density at radius 3 is 0.825 bits per heavy atom. The van der Waals surface area contributed by atoms with Crippen LogP contribution in [-0.2, 0) is 5.41 Å². The van der Waals surface area contributed by atoms with Gasteiger partial charge in [-0.25, -0.2) is 0 Å². The van der Waals surface area contributed by atoms with Crippen molar-refractivity contribution in [1.82, 2.24) is 0 Å². The van der Waals surface area contributed by atoms with Gasteiger partial charge in [-0.15, -0.1) is 0 Å². The predicted molar refractivity (Wildman–Crippen MR) is 247 cm³/mol. The lowest BCUT2D eigenvalue weighted by Gasteiger charge is -2.26. The molecule has 0 fully saturated rings. The topological polar surface area (TPSA) is 86.7 Å². The van der Waals surface area contributed by atoms with E-state index in [1.165, 1.54) is 0 Å². The zero-order valence-electron chi connectivity index (χ0n) is 35.4. The van der Waals surface area contributed by atoms with Gasteiger partial charge in [0.05, 0.1) is 0 Å². The van der Waals surface area contributed by atoms with E-state index < -0.39 is 0 Å². The fraction of sp³-hybridized carbons (Fsp3) is 0.0877. The van der Waals surface area contributed by atoms with Crippen LogP contribution in [0.4, 0.5) is 0 Å². The second-order valence-electron chi connectivity index (χ2n) is 16.1. The maximum atomic E-state index is 13.4. The van der Waals surface area contributed by atoms with Gasteiger partial charge >= 0.3 is 0 Å². The molecule has 0 aliphatic rings. The summed E-state index contributed by atoms with van der Waals surface area (Å²) in [4.78, 5) is 52.9. The Labute approximate surface area is 367 Å². The second kappa shape index (κ2) is 17.9. The summed E-state index contributed by atoms with van der Waals surface area (Å²) in [7, 11) is 0. The molecule has 8 aromatic rings. The number of hydrogen-bond acceptors (Lipinski definition) is 6. The number of ketones is 4. The van der Waals surface area contributed by atoms with E-state index in [-0.39, 0.29) is 28.5 Å². The first-order valence-electron chi connectivity index (χ1n) is 20.7. The van der Waals surface area contributed by atoms with Gasteiger partial charge in [0.2, 0.25) is 0 Å². The van der Waals surface area contributed by atoms with Gasteiger partial charge in [0.15, 0.2) is 23.1 Å². The standard InChI is InChI=1S/C57H44O6/c1-37-11-15-39(16-12-37)53(58)43-7-5-9-45(35-43)55(60)41-19-27-49(28-20-41)62-51-31-23-47(24-32-51)57(3,4)48-25-33-52(34-26-48)63-50-29-21-42(22-30-50)56(61)46-10-6-8-44(36-46)54(59)40-17-13-38(2)14-18-40/h5-36H,1-4H3. The van der Waals surface area contributed by atoms with Gasteiger partial charge in [-0.05, 0) is 110 Å². The minimum atomic E-state index is -0.328. The number of carbonyl (C=O) groups is 4. The highest BCUT2D eigenvalue weighted by Crippen LogP contribution is 2.35. The van der Waals surface area contributed by atoms with Gasteiger partial charge in [-0.2, -0.15) is 0 Å². The summed E-state index contributed by atoms with van der Waals surface area (Å²) in [6.45, 7) is 8.26. The van der Waals surface area contributed by atoms with E-state index in [0.29, 0.717) is 67.5 Å². The van der Waals surface area contributed by atoms with Crippen LogP contribution in [-0.4, -0.2) is 23.1 Å². The van der Waals surface area contributed by atoms with Crippen molar-refractivity contribution in [1.29, 1.82) is 0 Å². The van der Waals surface area contributed by atoms with Crippen molar-refractivity contribution in [2.24, 2.45) is 0 Å². The number of aryl methyl sites for hydroxylation is 2. The minimum absolute atomic E-state index is 0.129. The molecule has 8 aromatic carbocycles. The van der Waals surface area contributed by atoms with E-state index in [1.807, 2.05) is 86.6 Å². The molecule has 0 saturated carbocycles. The summed E-state index contributed by atoms with van der Waals surface area (Å²) in [6, 6.07) is 58.3. The Kier molecular flexibility index (Phi) is 11.9. The van der Waals surface area contributed by atoms with E-state index in [9.17, 15) is 19.2 Å². The highest BCUT2D eigenvalue weighted by molar-refractivity contribution is 6.14. The predicted octanol–water partition coefficient (Wildman–Crippen LogP) is 13.1. The molecule has 8 rings (SSSR count). The third-order valence-electron chi connectivity index (χ3n) is 11.3. The maximum absolute atomic E-state index is 13.4. The van der Waals surface area contributed by atoms with E-state index >= 15 is 0 Å². The average Bonchev–Trinajstić information content (AvgIpc) is 3.32. The maximum Gasteiger partial charge on any atom is 0.193 e. The molecule has 0 spiro atoms. The Morgan fingerprint density at radius 2 is 0.556 bits per heavy atom. The summed E-state index contributed by atoms with van der Waals surface area (Å²) in [5.41, 5.74) is 7.96. The molecule has 0 amide bonds. The van der Waals surface area contributed by atoms with E-state index in [2.05, 4.69) is 13.8 Å². The van der Waals surface area contributed by atoms with Crippen LogP contribution < -0.4 is 9.47 Å². The first-order valence-corrected chi connectivity index (χ1v) is 20.7. The van der Waals surface area contributed by atoms with Gasteiger partial charge in [0.1, 0.15) is 23.0 Å². The van der Waals surface area contributed by atoms with Crippen molar-refractivity contribution in [3.05, 3.63) is 261 Å². The second-order valence-corrected chi connectivity index (χ2v) is 16.1. The number of rotatable bonds is 14. The van der Waals surface area contributed by atoms with Crippen molar-refractivity contribution >= 4 is 23.1 Å². The fourth-order valence-electron chi connectivity index (χ4n) is 7.35. The summed E-state index contributed by atoms with van der Waals surface area (Å²) >= 11 is 0. The molecule has 308 valence electrons. The van der Waals surface area contributed by atoms with Crippen LogP contribution in [0.25, 0.3) is 0 Å². The first kappa shape index (κ1) is 41.8. The zero-order chi connectivity index (χ0) is 44.1. The molecule has 0 aliphatic heterocycles. The fourth-order valence-corrected chi connectivity index (χ4v) is 7.35. The molecule has 0 N–H and O–H groups in total. The van der Waals surface area contributed by atoms with Crippen LogP contribution in [0.1, 0.15) is 99.8 Å². The van der Waals surface area contributed by atoms with Crippen LogP contribution in [0.3, 0.4) is 0 Å². The number of ether oxygens (including phenoxy) is 2. The molecule has 0 atom stereocenters. The lowest BCUT2D eigenvalue weighted by Crippen LogP contribution is -2.18. The molecule has 0 bridgehead atoms. The quantitative estimate of drug-likeness (QED) is 0.102. The van der Waals surface area contributed by atoms with Crippen LogP contribution >= 0.6 is 0 Å². The molecule has 0 saturated heterocycles. The van der Waals surface area contributed by atoms with Gasteiger partial charge < -0.3 is 9.47 Å². The molecule has 63 heavy (non-hydrogen) atoms. The van der Waals surface area contributed by atoms with Crippen LogP contribution in [0, 0.1) is 13.8 Å². The molecule has 6 heteroatoms. The van der Waals surface area contributed by atoms with Crippen LogP contribution in [0.15, 0.2) is 194 Å². The third kappa shape index (κ3) is 9.51. The van der Waals surface area contributed by atoms with Crippen molar-refractivity contribution < 1.29 is 28.7 Å². The summed E-state index contributed by atoms with van der Waals surface area (Å²) in [5, 5.41) is 0. The summed E-state index contributed by atoms with van der Waals surface area (Å²) in [6.07, 6.45) is 0. The van der Waals surface area contributed by atoms with Crippen LogP contribution in [0.5, 0.6) is 23.0 Å².